The van der Waals surface area contributed by atoms with Gasteiger partial charge in [-0.15, -0.1) is 0 Å². The molecule has 1 atom stereocenters. The highest BCUT2D eigenvalue weighted by Crippen LogP contribution is 2.26. The molecule has 3 aromatic rings. The van der Waals surface area contributed by atoms with Crippen LogP contribution < -0.4 is 20.9 Å². The topological polar surface area (TPSA) is 93.8 Å². The van der Waals surface area contributed by atoms with E-state index in [0.29, 0.717) is 35.1 Å². The van der Waals surface area contributed by atoms with Crippen LogP contribution in [0.1, 0.15) is 57.2 Å². The van der Waals surface area contributed by atoms with Crippen LogP contribution in [0.4, 0.5) is 33.6 Å². The van der Waals surface area contributed by atoms with Crippen molar-refractivity contribution >= 4 is 29.2 Å². The second kappa shape index (κ2) is 11.2. The zero-order valence-electron chi connectivity index (χ0n) is 20.2. The molecule has 0 bridgehead atoms. The van der Waals surface area contributed by atoms with Crippen molar-refractivity contribution in [1.29, 1.82) is 0 Å². The molecule has 8 nitrogen and oxygen atoms in total. The Hall–Kier alpha value is -3.36. The van der Waals surface area contributed by atoms with Gasteiger partial charge in [-0.2, -0.15) is 15.0 Å². The molecule has 0 saturated heterocycles. The van der Waals surface area contributed by atoms with Gasteiger partial charge in [0.25, 0.3) is 0 Å². The molecule has 0 spiro atoms. The molecule has 2 aromatic heterocycles. The van der Waals surface area contributed by atoms with E-state index >= 15 is 0 Å². The highest BCUT2D eigenvalue weighted by Gasteiger charge is 2.17. The Morgan fingerprint density at radius 1 is 1.06 bits per heavy atom. The molecule has 1 fully saturated rings. The van der Waals surface area contributed by atoms with E-state index in [1.165, 1.54) is 38.2 Å². The maximum absolute atomic E-state index is 14.5. The lowest BCUT2D eigenvalue weighted by Crippen LogP contribution is -2.20. The van der Waals surface area contributed by atoms with E-state index in [9.17, 15) is 4.39 Å². The number of aromatic nitrogens is 4. The number of H-pyrrole nitrogens is 1. The number of anilines is 5. The highest BCUT2D eigenvalue weighted by atomic mass is 19.1. The van der Waals surface area contributed by atoms with E-state index in [-0.39, 0.29) is 11.9 Å². The first-order chi connectivity index (χ1) is 16.5. The van der Waals surface area contributed by atoms with Gasteiger partial charge in [-0.1, -0.05) is 26.2 Å². The standard InChI is InChI=1S/C25H35FN8/c1-4-20(21-11-8-14-27-21)30-25-32-23(28-16-17-9-6-5-7-10-17)31-24(33-25)29-18-12-13-22(34(2)3)19(26)15-18/h8,11-15,17,20,27H,4-7,9-10,16H2,1-3H3,(H3,28,29,30,31,32,33). The summed E-state index contributed by atoms with van der Waals surface area (Å²) in [5.74, 6) is 1.67. The number of halogens is 1. The number of benzene rings is 1. The van der Waals surface area contributed by atoms with Crippen molar-refractivity contribution in [2.45, 2.75) is 51.5 Å². The molecule has 9 heteroatoms. The van der Waals surface area contributed by atoms with Gasteiger partial charge in [0.15, 0.2) is 0 Å². The van der Waals surface area contributed by atoms with E-state index in [4.69, 9.17) is 0 Å². The average Bonchev–Trinajstić information content (AvgIpc) is 3.36. The summed E-state index contributed by atoms with van der Waals surface area (Å²) in [7, 11) is 3.63. The Labute approximate surface area is 200 Å². The van der Waals surface area contributed by atoms with Crippen molar-refractivity contribution < 1.29 is 4.39 Å². The maximum Gasteiger partial charge on any atom is 0.233 e. The summed E-state index contributed by atoms with van der Waals surface area (Å²) < 4.78 is 14.5. The first-order valence-corrected chi connectivity index (χ1v) is 12.2. The molecule has 1 aromatic carbocycles. The van der Waals surface area contributed by atoms with E-state index in [2.05, 4.69) is 42.8 Å². The zero-order chi connectivity index (χ0) is 23.9. The molecule has 1 aliphatic rings. The van der Waals surface area contributed by atoms with E-state index in [1.54, 1.807) is 11.0 Å². The molecule has 4 rings (SSSR count). The average molecular weight is 467 g/mol. The summed E-state index contributed by atoms with van der Waals surface area (Å²) >= 11 is 0. The van der Waals surface area contributed by atoms with Crippen LogP contribution in [0.2, 0.25) is 0 Å². The van der Waals surface area contributed by atoms with Gasteiger partial charge in [-0.05, 0) is 55.5 Å². The van der Waals surface area contributed by atoms with Gasteiger partial charge >= 0.3 is 0 Å². The van der Waals surface area contributed by atoms with Crippen LogP contribution in [0.5, 0.6) is 0 Å². The van der Waals surface area contributed by atoms with Crippen LogP contribution >= 0.6 is 0 Å². The fourth-order valence-electron chi connectivity index (χ4n) is 4.40. The summed E-state index contributed by atoms with van der Waals surface area (Å²) in [6.07, 6.45) is 9.12. The first kappa shape index (κ1) is 23.8. The Balaban J connectivity index is 1.56. The van der Waals surface area contributed by atoms with Gasteiger partial charge in [0.05, 0.1) is 11.7 Å². The summed E-state index contributed by atoms with van der Waals surface area (Å²) in [4.78, 5) is 18.8. The fraction of sp³-hybridized carbons (Fsp3) is 0.480. The zero-order valence-corrected chi connectivity index (χ0v) is 20.2. The molecule has 0 aliphatic heterocycles. The monoisotopic (exact) mass is 466 g/mol. The first-order valence-electron chi connectivity index (χ1n) is 12.2. The molecule has 1 unspecified atom stereocenters. The Bertz CT molecular complexity index is 1050. The van der Waals surface area contributed by atoms with Crippen LogP contribution in [-0.2, 0) is 0 Å². The third-order valence-electron chi connectivity index (χ3n) is 6.30. The summed E-state index contributed by atoms with van der Waals surface area (Å²) in [5.41, 5.74) is 2.17. The predicted molar refractivity (Wildman–Crippen MR) is 136 cm³/mol. The molecule has 182 valence electrons. The van der Waals surface area contributed by atoms with Gasteiger partial charge < -0.3 is 25.8 Å². The number of hydrogen-bond acceptors (Lipinski definition) is 7. The minimum Gasteiger partial charge on any atom is -0.375 e. The van der Waals surface area contributed by atoms with Gasteiger partial charge in [-0.3, -0.25) is 0 Å². The van der Waals surface area contributed by atoms with Crippen LogP contribution in [0.15, 0.2) is 36.5 Å². The van der Waals surface area contributed by atoms with Crippen molar-refractivity contribution in [2.75, 3.05) is 41.5 Å². The number of rotatable bonds is 10. The van der Waals surface area contributed by atoms with Gasteiger partial charge in [-0.25, -0.2) is 4.39 Å². The summed E-state index contributed by atoms with van der Waals surface area (Å²) in [5, 5.41) is 9.98. The van der Waals surface area contributed by atoms with Crippen molar-refractivity contribution in [1.82, 2.24) is 19.9 Å². The molecule has 1 aliphatic carbocycles. The molecule has 1 saturated carbocycles. The van der Waals surface area contributed by atoms with E-state index in [1.807, 2.05) is 38.5 Å². The van der Waals surface area contributed by atoms with Crippen molar-refractivity contribution in [2.24, 2.45) is 5.92 Å². The van der Waals surface area contributed by atoms with E-state index in [0.717, 1.165) is 18.7 Å². The Morgan fingerprint density at radius 2 is 1.82 bits per heavy atom. The summed E-state index contributed by atoms with van der Waals surface area (Å²) in [6, 6.07) is 9.06. The van der Waals surface area contributed by atoms with Crippen LogP contribution in [0, 0.1) is 11.7 Å². The second-order valence-electron chi connectivity index (χ2n) is 9.11. The minimum atomic E-state index is -0.309. The molecule has 0 radical (unpaired) electrons. The number of nitrogens with zero attached hydrogens (tertiary/aromatic N) is 4. The van der Waals surface area contributed by atoms with E-state index < -0.39 is 0 Å². The number of nitrogens with one attached hydrogen (secondary N) is 4. The number of aromatic amines is 1. The van der Waals surface area contributed by atoms with Crippen LogP contribution in [-0.4, -0.2) is 40.6 Å². The lowest BCUT2D eigenvalue weighted by atomic mass is 9.89. The van der Waals surface area contributed by atoms with Crippen LogP contribution in [0.3, 0.4) is 0 Å². The molecular weight excluding hydrogens is 431 g/mol. The SMILES string of the molecule is CCC(Nc1nc(NCC2CCCCC2)nc(Nc2ccc(N(C)C)c(F)c2)n1)c1ccc[nH]1. The highest BCUT2D eigenvalue weighted by molar-refractivity contribution is 5.61. The van der Waals surface area contributed by atoms with Crippen molar-refractivity contribution in [3.8, 4) is 0 Å². The van der Waals surface area contributed by atoms with Crippen molar-refractivity contribution in [3.63, 3.8) is 0 Å². The minimum absolute atomic E-state index is 0.0354. The predicted octanol–water partition coefficient (Wildman–Crippen LogP) is 5.70. The molecule has 34 heavy (non-hydrogen) atoms. The summed E-state index contributed by atoms with van der Waals surface area (Å²) in [6.45, 7) is 2.94. The largest absolute Gasteiger partial charge is 0.375 e. The quantitative estimate of drug-likeness (QED) is 0.304. The molecule has 2 heterocycles. The molecule has 4 N–H and O–H groups in total. The molecular formula is C25H35FN8. The maximum atomic E-state index is 14.5. The Kier molecular flexibility index (Phi) is 7.82. The van der Waals surface area contributed by atoms with Crippen molar-refractivity contribution in [3.05, 3.63) is 48.0 Å². The second-order valence-corrected chi connectivity index (χ2v) is 9.11. The molecule has 0 amide bonds. The Morgan fingerprint density at radius 3 is 2.50 bits per heavy atom. The fourth-order valence-corrected chi connectivity index (χ4v) is 4.40. The number of hydrogen-bond donors (Lipinski definition) is 4. The normalized spacial score (nSPS) is 15.1. The van der Waals surface area contributed by atoms with Crippen LogP contribution in [0.25, 0.3) is 0 Å². The van der Waals surface area contributed by atoms with Gasteiger partial charge in [0.2, 0.25) is 17.8 Å². The third-order valence-corrected chi connectivity index (χ3v) is 6.30. The van der Waals surface area contributed by atoms with Gasteiger partial charge in [0, 0.05) is 38.2 Å². The third kappa shape index (κ3) is 6.15. The lowest BCUT2D eigenvalue weighted by molar-refractivity contribution is 0.373. The smallest absolute Gasteiger partial charge is 0.233 e. The van der Waals surface area contributed by atoms with Gasteiger partial charge in [0.1, 0.15) is 5.82 Å². The lowest BCUT2D eigenvalue weighted by Gasteiger charge is -2.22.